The molecule has 6 nitrogen and oxygen atoms in total. The second-order valence-corrected chi connectivity index (χ2v) is 3.14. The number of aromatic nitrogens is 4. The monoisotopic (exact) mass is 204 g/mol. The smallest absolute Gasteiger partial charge is 0.228 e. The molecule has 6 heteroatoms. The molecular formula is C9H12N6. The van der Waals surface area contributed by atoms with Crippen LogP contribution in [0.2, 0.25) is 0 Å². The van der Waals surface area contributed by atoms with E-state index in [0.29, 0.717) is 18.3 Å². The summed E-state index contributed by atoms with van der Waals surface area (Å²) in [6, 6.07) is 3.65. The summed E-state index contributed by atoms with van der Waals surface area (Å²) >= 11 is 0. The Balaban J connectivity index is 2.16. The van der Waals surface area contributed by atoms with Crippen LogP contribution in [0.5, 0.6) is 0 Å². The molecule has 0 aromatic carbocycles. The minimum Gasteiger partial charge on any atom is -0.325 e. The van der Waals surface area contributed by atoms with E-state index < -0.39 is 0 Å². The predicted octanol–water partition coefficient (Wildman–Crippen LogP) is 0.710. The van der Waals surface area contributed by atoms with Gasteiger partial charge in [-0.05, 0) is 13.0 Å². The molecule has 0 radical (unpaired) electrons. The van der Waals surface area contributed by atoms with Gasteiger partial charge in [0.2, 0.25) is 5.95 Å². The van der Waals surface area contributed by atoms with Gasteiger partial charge in [-0.15, -0.1) is 0 Å². The van der Waals surface area contributed by atoms with Crippen molar-refractivity contribution >= 4 is 11.8 Å². The Morgan fingerprint density at radius 1 is 1.53 bits per heavy atom. The van der Waals surface area contributed by atoms with Crippen LogP contribution in [-0.4, -0.2) is 20.2 Å². The van der Waals surface area contributed by atoms with Crippen molar-refractivity contribution in [3.05, 3.63) is 29.7 Å². The van der Waals surface area contributed by atoms with Crippen molar-refractivity contribution in [2.45, 2.75) is 13.5 Å². The fourth-order valence-electron chi connectivity index (χ4n) is 1.17. The van der Waals surface area contributed by atoms with Crippen molar-refractivity contribution in [2.24, 2.45) is 5.73 Å². The van der Waals surface area contributed by atoms with E-state index in [1.807, 2.05) is 13.0 Å². The Bertz CT molecular complexity index is 449. The van der Waals surface area contributed by atoms with Crippen molar-refractivity contribution < 1.29 is 0 Å². The fraction of sp³-hybridized carbons (Fsp3) is 0.222. The highest BCUT2D eigenvalue weighted by molar-refractivity contribution is 5.47. The van der Waals surface area contributed by atoms with Crippen LogP contribution >= 0.6 is 0 Å². The summed E-state index contributed by atoms with van der Waals surface area (Å²) in [7, 11) is 0. The number of hydrogen-bond acceptors (Lipinski definition) is 5. The van der Waals surface area contributed by atoms with Crippen molar-refractivity contribution in [3.63, 3.8) is 0 Å². The van der Waals surface area contributed by atoms with Gasteiger partial charge in [0.15, 0.2) is 5.82 Å². The molecule has 0 unspecified atom stereocenters. The first-order chi connectivity index (χ1) is 7.28. The second kappa shape index (κ2) is 4.05. The van der Waals surface area contributed by atoms with Crippen LogP contribution in [0.1, 0.15) is 11.4 Å². The molecule has 78 valence electrons. The number of aromatic amines is 1. The predicted molar refractivity (Wildman–Crippen MR) is 56.5 cm³/mol. The molecule has 2 aromatic heterocycles. The molecule has 15 heavy (non-hydrogen) atoms. The van der Waals surface area contributed by atoms with E-state index in [4.69, 9.17) is 5.73 Å². The van der Waals surface area contributed by atoms with E-state index in [0.717, 1.165) is 11.4 Å². The maximum Gasteiger partial charge on any atom is 0.228 e. The molecule has 0 aliphatic carbocycles. The van der Waals surface area contributed by atoms with Crippen molar-refractivity contribution in [2.75, 3.05) is 5.32 Å². The van der Waals surface area contributed by atoms with Crippen LogP contribution in [0.15, 0.2) is 18.3 Å². The first-order valence-electron chi connectivity index (χ1n) is 4.59. The summed E-state index contributed by atoms with van der Waals surface area (Å²) in [5, 5.41) is 9.82. The minimum absolute atomic E-state index is 0.400. The lowest BCUT2D eigenvalue weighted by molar-refractivity contribution is 0.965. The van der Waals surface area contributed by atoms with Crippen LogP contribution in [-0.2, 0) is 6.54 Å². The van der Waals surface area contributed by atoms with Gasteiger partial charge in [-0.3, -0.25) is 5.10 Å². The zero-order valence-corrected chi connectivity index (χ0v) is 8.36. The molecule has 0 saturated carbocycles. The molecular weight excluding hydrogens is 192 g/mol. The Labute approximate surface area is 86.9 Å². The Morgan fingerprint density at radius 3 is 3.07 bits per heavy atom. The summed E-state index contributed by atoms with van der Waals surface area (Å²) < 4.78 is 0. The van der Waals surface area contributed by atoms with E-state index in [9.17, 15) is 0 Å². The number of aryl methyl sites for hydroxylation is 1. The highest BCUT2D eigenvalue weighted by atomic mass is 15.2. The lowest BCUT2D eigenvalue weighted by atomic mass is 10.4. The quantitative estimate of drug-likeness (QED) is 0.684. The molecule has 2 rings (SSSR count). The molecule has 0 fully saturated rings. The summed E-state index contributed by atoms with van der Waals surface area (Å²) in [4.78, 5) is 8.25. The van der Waals surface area contributed by atoms with Gasteiger partial charge in [0.25, 0.3) is 0 Å². The van der Waals surface area contributed by atoms with E-state index in [1.165, 1.54) is 0 Å². The number of nitrogens with two attached hydrogens (primary N) is 1. The molecule has 0 spiro atoms. The van der Waals surface area contributed by atoms with Crippen molar-refractivity contribution in [1.82, 2.24) is 20.2 Å². The van der Waals surface area contributed by atoms with Crippen LogP contribution < -0.4 is 11.1 Å². The van der Waals surface area contributed by atoms with Gasteiger partial charge in [0.1, 0.15) is 0 Å². The summed E-state index contributed by atoms with van der Waals surface area (Å²) in [5.74, 6) is 1.20. The third-order valence-corrected chi connectivity index (χ3v) is 1.87. The first-order valence-corrected chi connectivity index (χ1v) is 4.59. The molecule has 0 atom stereocenters. The molecule has 0 bridgehead atoms. The number of nitrogens with one attached hydrogen (secondary N) is 2. The lowest BCUT2D eigenvalue weighted by Gasteiger charge is -2.01. The summed E-state index contributed by atoms with van der Waals surface area (Å²) in [5.41, 5.74) is 7.25. The van der Waals surface area contributed by atoms with Crippen molar-refractivity contribution in [1.29, 1.82) is 0 Å². The molecule has 4 N–H and O–H groups in total. The zero-order chi connectivity index (χ0) is 10.7. The number of anilines is 2. The van der Waals surface area contributed by atoms with Crippen LogP contribution in [0.25, 0.3) is 0 Å². The third-order valence-electron chi connectivity index (χ3n) is 1.87. The molecule has 0 saturated heterocycles. The van der Waals surface area contributed by atoms with E-state index in [1.54, 1.807) is 12.3 Å². The van der Waals surface area contributed by atoms with Gasteiger partial charge in [0.05, 0.1) is 5.69 Å². The van der Waals surface area contributed by atoms with Gasteiger partial charge in [0, 0.05) is 24.5 Å². The number of nitrogens with zero attached hydrogens (tertiary/aromatic N) is 3. The largest absolute Gasteiger partial charge is 0.325 e. The Hall–Kier alpha value is -1.95. The van der Waals surface area contributed by atoms with Crippen molar-refractivity contribution in [3.8, 4) is 0 Å². The van der Waals surface area contributed by atoms with Gasteiger partial charge in [-0.1, -0.05) is 0 Å². The van der Waals surface area contributed by atoms with E-state index in [-0.39, 0.29) is 0 Å². The highest BCUT2D eigenvalue weighted by Gasteiger charge is 2.01. The Kier molecular flexibility index (Phi) is 2.59. The third kappa shape index (κ3) is 2.29. The molecule has 0 aliphatic rings. The molecule has 0 amide bonds. The van der Waals surface area contributed by atoms with Gasteiger partial charge < -0.3 is 11.1 Å². The van der Waals surface area contributed by atoms with Gasteiger partial charge >= 0.3 is 0 Å². The fourth-order valence-corrected chi connectivity index (χ4v) is 1.17. The average molecular weight is 204 g/mol. The normalized spacial score (nSPS) is 10.3. The maximum atomic E-state index is 5.48. The molecule has 2 aromatic rings. The highest BCUT2D eigenvalue weighted by Crippen LogP contribution is 2.10. The second-order valence-electron chi connectivity index (χ2n) is 3.14. The van der Waals surface area contributed by atoms with E-state index in [2.05, 4.69) is 25.5 Å². The average Bonchev–Trinajstić information content (AvgIpc) is 2.64. The molecule has 0 aliphatic heterocycles. The first kappa shape index (κ1) is 9.60. The minimum atomic E-state index is 0.400. The standard InChI is InChI=1S/C9H12N6/c1-6-4-8(15-14-6)13-9-11-3-2-7(5-10)12-9/h2-4H,5,10H2,1H3,(H2,11,12,13,14,15). The van der Waals surface area contributed by atoms with Crippen LogP contribution in [0.4, 0.5) is 11.8 Å². The summed E-state index contributed by atoms with van der Waals surface area (Å²) in [6.45, 7) is 2.33. The zero-order valence-electron chi connectivity index (χ0n) is 8.36. The number of rotatable bonds is 3. The maximum absolute atomic E-state index is 5.48. The van der Waals surface area contributed by atoms with Crippen LogP contribution in [0.3, 0.4) is 0 Å². The summed E-state index contributed by atoms with van der Waals surface area (Å²) in [6.07, 6.45) is 1.66. The van der Waals surface area contributed by atoms with Gasteiger partial charge in [-0.25, -0.2) is 9.97 Å². The lowest BCUT2D eigenvalue weighted by Crippen LogP contribution is -2.03. The SMILES string of the molecule is Cc1cc(Nc2nccc(CN)n2)n[nH]1. The Morgan fingerprint density at radius 2 is 2.40 bits per heavy atom. The van der Waals surface area contributed by atoms with Crippen LogP contribution in [0, 0.1) is 6.92 Å². The van der Waals surface area contributed by atoms with E-state index >= 15 is 0 Å². The van der Waals surface area contributed by atoms with Gasteiger partial charge in [-0.2, -0.15) is 5.10 Å². The number of hydrogen-bond donors (Lipinski definition) is 3. The topological polar surface area (TPSA) is 92.5 Å². The number of H-pyrrole nitrogens is 1. The molecule has 2 heterocycles.